The van der Waals surface area contributed by atoms with Crippen LogP contribution in [0.5, 0.6) is 0 Å². The van der Waals surface area contributed by atoms with Gasteiger partial charge >= 0.3 is 0 Å². The lowest BCUT2D eigenvalue weighted by atomic mass is 10.1. The maximum atomic E-state index is 13.5. The second-order valence-electron chi connectivity index (χ2n) is 8.58. The summed E-state index contributed by atoms with van der Waals surface area (Å²) in [6.45, 7) is 1.36. The Morgan fingerprint density at radius 1 is 0.947 bits per heavy atom. The molecule has 1 aliphatic rings. The number of sulfonamides is 1. The number of carbonyl (C=O) groups is 1. The van der Waals surface area contributed by atoms with Crippen LogP contribution in [0.25, 0.3) is 23.0 Å². The van der Waals surface area contributed by atoms with E-state index in [0.29, 0.717) is 48.8 Å². The van der Waals surface area contributed by atoms with Gasteiger partial charge in [-0.1, -0.05) is 18.2 Å². The molecule has 0 aliphatic carbocycles. The van der Waals surface area contributed by atoms with E-state index in [1.165, 1.54) is 34.6 Å². The van der Waals surface area contributed by atoms with Crippen LogP contribution in [0.4, 0.5) is 10.1 Å². The minimum absolute atomic E-state index is 0.158. The third-order valence-corrected chi connectivity index (χ3v) is 7.94. The Balaban J connectivity index is 1.33. The standard InChI is InChI=1S/C28H25FN4O4S/c29-23-9-6-21(7-10-23)28-22(20-33(31-28)25-4-2-1-3-5-25)8-15-27(34)30-24-11-13-26(14-12-24)38(35,36)32-16-18-37-19-17-32/h1-15,20H,16-19H2,(H,30,34)/b15-8+. The number of hydrogen-bond donors (Lipinski definition) is 1. The molecule has 1 amide bonds. The highest BCUT2D eigenvalue weighted by Gasteiger charge is 2.26. The molecule has 10 heteroatoms. The van der Waals surface area contributed by atoms with Gasteiger partial charge in [0.2, 0.25) is 15.9 Å². The SMILES string of the molecule is O=C(/C=C/c1cn(-c2ccccc2)nc1-c1ccc(F)cc1)Nc1ccc(S(=O)(=O)N2CCOCC2)cc1. The second kappa shape index (κ2) is 11.1. The summed E-state index contributed by atoms with van der Waals surface area (Å²) in [5.41, 5.74) is 3.27. The van der Waals surface area contributed by atoms with Crippen LogP contribution in [0.1, 0.15) is 5.56 Å². The Kier molecular flexibility index (Phi) is 7.45. The van der Waals surface area contributed by atoms with Gasteiger partial charge < -0.3 is 10.1 Å². The molecule has 1 saturated heterocycles. The Hall–Kier alpha value is -4.12. The molecule has 0 bridgehead atoms. The first-order valence-electron chi connectivity index (χ1n) is 12.0. The molecule has 38 heavy (non-hydrogen) atoms. The molecule has 0 unspecified atom stereocenters. The zero-order chi connectivity index (χ0) is 26.5. The number of nitrogens with one attached hydrogen (secondary N) is 1. The zero-order valence-corrected chi connectivity index (χ0v) is 21.1. The first-order chi connectivity index (χ1) is 18.4. The highest BCUT2D eigenvalue weighted by molar-refractivity contribution is 7.89. The van der Waals surface area contributed by atoms with Crippen LogP contribution in [0.3, 0.4) is 0 Å². The number of aromatic nitrogens is 2. The van der Waals surface area contributed by atoms with E-state index in [2.05, 4.69) is 10.4 Å². The topological polar surface area (TPSA) is 93.5 Å². The Bertz CT molecular complexity index is 1540. The quantitative estimate of drug-likeness (QED) is 0.357. The number of morpholine rings is 1. The van der Waals surface area contributed by atoms with Gasteiger partial charge in [-0.15, -0.1) is 0 Å². The number of ether oxygens (including phenoxy) is 1. The van der Waals surface area contributed by atoms with Gasteiger partial charge in [-0.3, -0.25) is 4.79 Å². The minimum atomic E-state index is -3.61. The first kappa shape index (κ1) is 25.5. The Morgan fingerprint density at radius 3 is 2.32 bits per heavy atom. The van der Waals surface area contributed by atoms with Crippen LogP contribution in [0, 0.1) is 5.82 Å². The van der Waals surface area contributed by atoms with Crippen LogP contribution >= 0.6 is 0 Å². The number of hydrogen-bond acceptors (Lipinski definition) is 5. The lowest BCUT2D eigenvalue weighted by molar-refractivity contribution is -0.111. The number of nitrogens with zero attached hydrogens (tertiary/aromatic N) is 3. The number of carbonyl (C=O) groups excluding carboxylic acids is 1. The van der Waals surface area contributed by atoms with Gasteiger partial charge in [0.1, 0.15) is 5.82 Å². The molecular weight excluding hydrogens is 507 g/mol. The van der Waals surface area contributed by atoms with E-state index in [1.807, 2.05) is 30.3 Å². The summed E-state index contributed by atoms with van der Waals surface area (Å²) in [5, 5.41) is 7.40. The van der Waals surface area contributed by atoms with Crippen LogP contribution in [0.2, 0.25) is 0 Å². The summed E-state index contributed by atoms with van der Waals surface area (Å²) in [4.78, 5) is 12.8. The van der Waals surface area contributed by atoms with Crippen molar-refractivity contribution in [2.45, 2.75) is 4.90 Å². The third kappa shape index (κ3) is 5.72. The summed E-state index contributed by atoms with van der Waals surface area (Å²) in [5.74, 6) is -0.747. The summed E-state index contributed by atoms with van der Waals surface area (Å²) in [6, 6.07) is 21.6. The van der Waals surface area contributed by atoms with Crippen molar-refractivity contribution in [3.63, 3.8) is 0 Å². The molecule has 5 rings (SSSR count). The molecule has 2 heterocycles. The van der Waals surface area contributed by atoms with Gasteiger partial charge in [0.25, 0.3) is 0 Å². The maximum Gasteiger partial charge on any atom is 0.248 e. The lowest BCUT2D eigenvalue weighted by Gasteiger charge is -2.26. The molecule has 1 aliphatic heterocycles. The van der Waals surface area contributed by atoms with Crippen molar-refractivity contribution in [1.82, 2.24) is 14.1 Å². The van der Waals surface area contributed by atoms with Crippen LogP contribution in [0.15, 0.2) is 96.0 Å². The van der Waals surface area contributed by atoms with E-state index in [1.54, 1.807) is 41.2 Å². The van der Waals surface area contributed by atoms with Crippen molar-refractivity contribution in [3.05, 3.63) is 103 Å². The Labute approximate surface area is 220 Å². The smallest absolute Gasteiger partial charge is 0.248 e. The molecule has 1 fully saturated rings. The van der Waals surface area contributed by atoms with E-state index >= 15 is 0 Å². The molecular formula is C28H25FN4O4S. The maximum absolute atomic E-state index is 13.5. The van der Waals surface area contributed by atoms with E-state index < -0.39 is 15.9 Å². The average molecular weight is 533 g/mol. The number of para-hydroxylation sites is 1. The van der Waals surface area contributed by atoms with Crippen LogP contribution in [-0.2, 0) is 19.6 Å². The molecule has 0 radical (unpaired) electrons. The molecule has 1 N–H and O–H groups in total. The minimum Gasteiger partial charge on any atom is -0.379 e. The second-order valence-corrected chi connectivity index (χ2v) is 10.5. The highest BCUT2D eigenvalue weighted by atomic mass is 32.2. The number of anilines is 1. The molecule has 4 aromatic rings. The number of amides is 1. The lowest BCUT2D eigenvalue weighted by Crippen LogP contribution is -2.40. The van der Waals surface area contributed by atoms with Crippen LogP contribution in [-0.4, -0.2) is 54.7 Å². The zero-order valence-electron chi connectivity index (χ0n) is 20.3. The van der Waals surface area contributed by atoms with E-state index in [0.717, 1.165) is 5.69 Å². The Morgan fingerprint density at radius 2 is 1.63 bits per heavy atom. The first-order valence-corrected chi connectivity index (χ1v) is 13.4. The predicted octanol–water partition coefficient (Wildman–Crippen LogP) is 4.35. The van der Waals surface area contributed by atoms with E-state index in [9.17, 15) is 17.6 Å². The van der Waals surface area contributed by atoms with Crippen molar-refractivity contribution in [2.75, 3.05) is 31.6 Å². The number of rotatable bonds is 7. The average Bonchev–Trinajstić information content (AvgIpc) is 3.38. The van der Waals surface area contributed by atoms with Gasteiger partial charge in [-0.05, 0) is 66.7 Å². The summed E-state index contributed by atoms with van der Waals surface area (Å²) in [6.07, 6.45) is 4.80. The monoisotopic (exact) mass is 532 g/mol. The molecule has 0 saturated carbocycles. The normalized spacial score (nSPS) is 14.6. The van der Waals surface area contributed by atoms with Gasteiger partial charge in [-0.2, -0.15) is 9.40 Å². The fourth-order valence-corrected chi connectivity index (χ4v) is 5.46. The van der Waals surface area contributed by atoms with Crippen molar-refractivity contribution in [1.29, 1.82) is 0 Å². The molecule has 1 aromatic heterocycles. The van der Waals surface area contributed by atoms with Crippen molar-refractivity contribution in [2.24, 2.45) is 0 Å². The molecule has 194 valence electrons. The van der Waals surface area contributed by atoms with Crippen molar-refractivity contribution < 1.29 is 22.3 Å². The number of benzene rings is 3. The van der Waals surface area contributed by atoms with Gasteiger partial charge in [-0.25, -0.2) is 17.5 Å². The highest BCUT2D eigenvalue weighted by Crippen LogP contribution is 2.25. The largest absolute Gasteiger partial charge is 0.379 e. The van der Waals surface area contributed by atoms with Crippen molar-refractivity contribution >= 4 is 27.7 Å². The van der Waals surface area contributed by atoms with E-state index in [-0.39, 0.29) is 10.7 Å². The number of halogens is 1. The fraction of sp³-hybridized carbons (Fsp3) is 0.143. The fourth-order valence-electron chi connectivity index (χ4n) is 4.05. The third-order valence-electron chi connectivity index (χ3n) is 6.02. The van der Waals surface area contributed by atoms with Gasteiger partial charge in [0.15, 0.2) is 0 Å². The van der Waals surface area contributed by atoms with E-state index in [4.69, 9.17) is 4.74 Å². The van der Waals surface area contributed by atoms with Gasteiger partial charge in [0, 0.05) is 42.2 Å². The molecule has 0 atom stereocenters. The van der Waals surface area contributed by atoms with Crippen LogP contribution < -0.4 is 5.32 Å². The van der Waals surface area contributed by atoms with Crippen molar-refractivity contribution in [3.8, 4) is 16.9 Å². The summed E-state index contributed by atoms with van der Waals surface area (Å²) < 4.78 is 47.4. The van der Waals surface area contributed by atoms with Gasteiger partial charge in [0.05, 0.1) is 29.5 Å². The summed E-state index contributed by atoms with van der Waals surface area (Å²) in [7, 11) is -3.61. The molecule has 3 aromatic carbocycles. The molecule has 0 spiro atoms. The predicted molar refractivity (Wildman–Crippen MR) is 143 cm³/mol. The summed E-state index contributed by atoms with van der Waals surface area (Å²) >= 11 is 0. The molecule has 8 nitrogen and oxygen atoms in total.